The number of allylic oxidation sites excluding steroid dienone is 3. The van der Waals surface area contributed by atoms with Crippen molar-refractivity contribution >= 4 is 6.08 Å². The Balaban J connectivity index is 1.97. The van der Waals surface area contributed by atoms with Crippen LogP contribution in [0.2, 0.25) is 0 Å². The van der Waals surface area contributed by atoms with Gasteiger partial charge in [-0.1, -0.05) is 54.6 Å². The minimum absolute atomic E-state index is 0.750. The molecule has 0 heteroatoms. The van der Waals surface area contributed by atoms with E-state index in [1.165, 1.54) is 24.8 Å². The van der Waals surface area contributed by atoms with Gasteiger partial charge < -0.3 is 0 Å². The lowest BCUT2D eigenvalue weighted by molar-refractivity contribution is 0.586. The quantitative estimate of drug-likeness (QED) is 0.608. The fourth-order valence-electron chi connectivity index (χ4n) is 1.80. The van der Waals surface area contributed by atoms with Gasteiger partial charge in [-0.05, 0) is 30.7 Å². The first-order chi connectivity index (χ1) is 6.95. The molecule has 0 spiro atoms. The number of benzene rings is 1. The number of hydrogen-bond donors (Lipinski definition) is 0. The van der Waals surface area contributed by atoms with Gasteiger partial charge in [0.25, 0.3) is 0 Å². The molecule has 1 aliphatic rings. The Hall–Kier alpha value is -1.30. The van der Waals surface area contributed by atoms with E-state index in [0.29, 0.717) is 0 Å². The van der Waals surface area contributed by atoms with Crippen LogP contribution in [-0.2, 0) is 0 Å². The van der Waals surface area contributed by atoms with Gasteiger partial charge in [0.1, 0.15) is 0 Å². The maximum atomic E-state index is 2.35. The molecule has 72 valence electrons. The van der Waals surface area contributed by atoms with Crippen LogP contribution < -0.4 is 0 Å². The molecule has 0 aromatic heterocycles. The van der Waals surface area contributed by atoms with E-state index in [0.717, 1.165) is 5.92 Å². The summed E-state index contributed by atoms with van der Waals surface area (Å²) in [7, 11) is 0. The maximum Gasteiger partial charge on any atom is -0.0193 e. The van der Waals surface area contributed by atoms with E-state index in [1.54, 1.807) is 0 Å². The first-order valence-corrected chi connectivity index (χ1v) is 5.33. The molecule has 1 aromatic rings. The van der Waals surface area contributed by atoms with Crippen molar-refractivity contribution in [2.45, 2.75) is 19.3 Å². The molecule has 1 atom stereocenters. The summed E-state index contributed by atoms with van der Waals surface area (Å²) >= 11 is 0. The van der Waals surface area contributed by atoms with Crippen molar-refractivity contribution in [1.82, 2.24) is 0 Å². The minimum atomic E-state index is 0.750. The third-order valence-corrected chi connectivity index (χ3v) is 2.67. The average molecular weight is 184 g/mol. The molecule has 1 unspecified atom stereocenters. The van der Waals surface area contributed by atoms with Crippen molar-refractivity contribution in [2.24, 2.45) is 5.92 Å². The van der Waals surface area contributed by atoms with Crippen LogP contribution >= 0.6 is 0 Å². The summed E-state index contributed by atoms with van der Waals surface area (Å²) in [5.74, 6) is 0.750. The Morgan fingerprint density at radius 3 is 2.64 bits per heavy atom. The van der Waals surface area contributed by atoms with Gasteiger partial charge in [0.15, 0.2) is 0 Å². The molecule has 0 aliphatic heterocycles. The lowest BCUT2D eigenvalue weighted by Crippen LogP contribution is -1.97. The predicted molar refractivity (Wildman–Crippen MR) is 62.0 cm³/mol. The Morgan fingerprint density at radius 2 is 1.93 bits per heavy atom. The Labute approximate surface area is 86.0 Å². The molecule has 0 fully saturated rings. The summed E-state index contributed by atoms with van der Waals surface area (Å²) < 4.78 is 0. The van der Waals surface area contributed by atoms with E-state index in [1.807, 2.05) is 0 Å². The van der Waals surface area contributed by atoms with Crippen molar-refractivity contribution in [3.8, 4) is 0 Å². The Morgan fingerprint density at radius 1 is 1.07 bits per heavy atom. The molecular weight excluding hydrogens is 168 g/mol. The van der Waals surface area contributed by atoms with Gasteiger partial charge >= 0.3 is 0 Å². The van der Waals surface area contributed by atoms with Crippen LogP contribution in [0.15, 0.2) is 48.6 Å². The van der Waals surface area contributed by atoms with Crippen LogP contribution in [-0.4, -0.2) is 0 Å². The summed E-state index contributed by atoms with van der Waals surface area (Å²) in [5, 5.41) is 0. The van der Waals surface area contributed by atoms with Gasteiger partial charge in [-0.2, -0.15) is 0 Å². The van der Waals surface area contributed by atoms with Crippen LogP contribution in [0.4, 0.5) is 0 Å². The molecular formula is C14H16. The second-order valence-electron chi connectivity index (χ2n) is 3.81. The van der Waals surface area contributed by atoms with Crippen LogP contribution in [0.1, 0.15) is 24.8 Å². The van der Waals surface area contributed by atoms with E-state index in [-0.39, 0.29) is 0 Å². The SMILES string of the molecule is C1=CCC(/C=C/c2ccccc2)CC1. The molecule has 0 nitrogen and oxygen atoms in total. The number of hydrogen-bond acceptors (Lipinski definition) is 0. The second-order valence-corrected chi connectivity index (χ2v) is 3.81. The second kappa shape index (κ2) is 4.80. The topological polar surface area (TPSA) is 0 Å². The van der Waals surface area contributed by atoms with Crippen LogP contribution in [0, 0.1) is 5.92 Å². The van der Waals surface area contributed by atoms with Gasteiger partial charge in [0.2, 0.25) is 0 Å². The summed E-state index contributed by atoms with van der Waals surface area (Å²) in [6.45, 7) is 0. The van der Waals surface area contributed by atoms with Crippen molar-refractivity contribution < 1.29 is 0 Å². The highest BCUT2D eigenvalue weighted by Crippen LogP contribution is 2.20. The normalized spacial score (nSPS) is 21.6. The minimum Gasteiger partial charge on any atom is -0.0885 e. The molecule has 1 aromatic carbocycles. The van der Waals surface area contributed by atoms with E-state index < -0.39 is 0 Å². The average Bonchev–Trinajstić information content (AvgIpc) is 2.29. The molecule has 0 radical (unpaired) electrons. The molecule has 14 heavy (non-hydrogen) atoms. The van der Waals surface area contributed by atoms with Crippen molar-refractivity contribution in [3.05, 3.63) is 54.1 Å². The van der Waals surface area contributed by atoms with Crippen LogP contribution in [0.25, 0.3) is 6.08 Å². The Kier molecular flexibility index (Phi) is 3.18. The lowest BCUT2D eigenvalue weighted by Gasteiger charge is -2.12. The highest BCUT2D eigenvalue weighted by Gasteiger charge is 2.04. The smallest absolute Gasteiger partial charge is 0.0193 e. The third-order valence-electron chi connectivity index (χ3n) is 2.67. The number of rotatable bonds is 2. The maximum absolute atomic E-state index is 2.35. The van der Waals surface area contributed by atoms with Crippen molar-refractivity contribution in [2.75, 3.05) is 0 Å². The highest BCUT2D eigenvalue weighted by atomic mass is 14.1. The zero-order chi connectivity index (χ0) is 9.64. The van der Waals surface area contributed by atoms with E-state index >= 15 is 0 Å². The first-order valence-electron chi connectivity index (χ1n) is 5.33. The fourth-order valence-corrected chi connectivity index (χ4v) is 1.80. The van der Waals surface area contributed by atoms with Gasteiger partial charge in [-0.25, -0.2) is 0 Å². The molecule has 0 heterocycles. The first kappa shape index (κ1) is 9.26. The summed E-state index contributed by atoms with van der Waals surface area (Å²) in [4.78, 5) is 0. The summed E-state index contributed by atoms with van der Waals surface area (Å²) in [6.07, 6.45) is 12.9. The van der Waals surface area contributed by atoms with Crippen molar-refractivity contribution in [1.29, 1.82) is 0 Å². The third kappa shape index (κ3) is 2.59. The predicted octanol–water partition coefficient (Wildman–Crippen LogP) is 4.06. The Bertz CT molecular complexity index is 319. The molecule has 2 rings (SSSR count). The van der Waals surface area contributed by atoms with Crippen molar-refractivity contribution in [3.63, 3.8) is 0 Å². The van der Waals surface area contributed by atoms with Gasteiger partial charge in [-0.15, -0.1) is 0 Å². The molecule has 0 saturated heterocycles. The summed E-state index contributed by atoms with van der Waals surface area (Å²) in [6, 6.07) is 10.5. The van der Waals surface area contributed by atoms with E-state index in [9.17, 15) is 0 Å². The molecule has 1 aliphatic carbocycles. The monoisotopic (exact) mass is 184 g/mol. The van der Waals surface area contributed by atoms with Gasteiger partial charge in [0.05, 0.1) is 0 Å². The summed E-state index contributed by atoms with van der Waals surface area (Å²) in [5.41, 5.74) is 1.31. The molecule has 0 N–H and O–H groups in total. The van der Waals surface area contributed by atoms with E-state index in [4.69, 9.17) is 0 Å². The van der Waals surface area contributed by atoms with E-state index in [2.05, 4.69) is 54.6 Å². The van der Waals surface area contributed by atoms with Crippen LogP contribution in [0.3, 0.4) is 0 Å². The zero-order valence-corrected chi connectivity index (χ0v) is 8.39. The van der Waals surface area contributed by atoms with Gasteiger partial charge in [-0.3, -0.25) is 0 Å². The largest absolute Gasteiger partial charge is 0.0885 e. The fraction of sp³-hybridized carbons (Fsp3) is 0.286. The standard InChI is InChI=1S/C14H16/c1-3-7-13(8-4-1)11-12-14-9-5-2-6-10-14/h1-5,7-8,11-12,14H,6,9-10H2/b12-11+. The molecule has 0 amide bonds. The highest BCUT2D eigenvalue weighted by molar-refractivity contribution is 5.49. The zero-order valence-electron chi connectivity index (χ0n) is 8.39. The van der Waals surface area contributed by atoms with Gasteiger partial charge in [0, 0.05) is 0 Å². The molecule has 0 bridgehead atoms. The lowest BCUT2D eigenvalue weighted by atomic mass is 9.93. The molecule has 0 saturated carbocycles. The van der Waals surface area contributed by atoms with Crippen LogP contribution in [0.5, 0.6) is 0 Å².